The van der Waals surface area contributed by atoms with Gasteiger partial charge in [0.05, 0.1) is 0 Å². The summed E-state index contributed by atoms with van der Waals surface area (Å²) >= 11 is 0. The molecule has 1 heterocycles. The summed E-state index contributed by atoms with van der Waals surface area (Å²) in [5.74, 6) is -1.44. The normalized spacial score (nSPS) is 23.4. The molecule has 0 bridgehead atoms. The fourth-order valence-corrected chi connectivity index (χ4v) is 0.705. The Labute approximate surface area is 73.6 Å². The second kappa shape index (κ2) is 3.40. The molecule has 0 aromatic carbocycles. The van der Waals surface area contributed by atoms with Crippen LogP contribution in [0.3, 0.4) is 0 Å². The van der Waals surface area contributed by atoms with Gasteiger partial charge in [-0.25, -0.2) is 4.79 Å². The first-order valence-corrected chi connectivity index (χ1v) is 3.58. The molecule has 1 unspecified atom stereocenters. The number of carbonyl (C=O) groups is 3. The largest absolute Gasteiger partial charge is 0.431 e. The third-order valence-electron chi connectivity index (χ3n) is 1.34. The summed E-state index contributed by atoms with van der Waals surface area (Å²) < 4.78 is 4.55. The van der Waals surface area contributed by atoms with E-state index >= 15 is 0 Å². The van der Waals surface area contributed by atoms with Crippen molar-refractivity contribution in [2.75, 3.05) is 0 Å². The SMILES string of the molecule is C[C@@H](N)C(=O)OC1NC(=O)NC1=O. The molecule has 7 heteroatoms. The molecule has 0 spiro atoms. The lowest BCUT2D eigenvalue weighted by Gasteiger charge is -2.10. The molecular weight excluding hydrogens is 178 g/mol. The van der Waals surface area contributed by atoms with Gasteiger partial charge in [-0.1, -0.05) is 0 Å². The molecule has 0 aliphatic carbocycles. The van der Waals surface area contributed by atoms with Crippen LogP contribution in [0.25, 0.3) is 0 Å². The van der Waals surface area contributed by atoms with Gasteiger partial charge in [-0.2, -0.15) is 0 Å². The van der Waals surface area contributed by atoms with Crippen LogP contribution in [0.2, 0.25) is 0 Å². The van der Waals surface area contributed by atoms with Crippen molar-refractivity contribution >= 4 is 17.9 Å². The number of carbonyl (C=O) groups excluding carboxylic acids is 3. The summed E-state index contributed by atoms with van der Waals surface area (Å²) in [6.07, 6.45) is -1.26. The first kappa shape index (κ1) is 9.46. The summed E-state index contributed by atoms with van der Waals surface area (Å²) in [7, 11) is 0. The molecular formula is C6H9N3O4. The van der Waals surface area contributed by atoms with Gasteiger partial charge in [0.15, 0.2) is 0 Å². The van der Waals surface area contributed by atoms with E-state index in [1.807, 2.05) is 5.32 Å². The van der Waals surface area contributed by atoms with Gasteiger partial charge < -0.3 is 10.5 Å². The Morgan fingerprint density at radius 1 is 1.62 bits per heavy atom. The van der Waals surface area contributed by atoms with Gasteiger partial charge in [-0.05, 0) is 6.92 Å². The zero-order chi connectivity index (χ0) is 10.0. The minimum absolute atomic E-state index is 0.688. The second-order valence-electron chi connectivity index (χ2n) is 2.57. The molecule has 0 radical (unpaired) electrons. The Kier molecular flexibility index (Phi) is 2.47. The molecule has 3 amide bonds. The first-order valence-electron chi connectivity index (χ1n) is 3.58. The summed E-state index contributed by atoms with van der Waals surface area (Å²) in [6, 6.07) is -1.52. The van der Waals surface area contributed by atoms with E-state index in [9.17, 15) is 14.4 Å². The van der Waals surface area contributed by atoms with E-state index in [-0.39, 0.29) is 0 Å². The molecule has 1 aliphatic rings. The Morgan fingerprint density at radius 2 is 2.23 bits per heavy atom. The van der Waals surface area contributed by atoms with Gasteiger partial charge in [-0.3, -0.25) is 20.2 Å². The van der Waals surface area contributed by atoms with E-state index < -0.39 is 30.2 Å². The number of nitrogens with two attached hydrogens (primary N) is 1. The number of imide groups is 1. The molecule has 0 aromatic heterocycles. The first-order chi connectivity index (χ1) is 6.00. The molecule has 1 fully saturated rings. The van der Waals surface area contributed by atoms with Crippen LogP contribution in [-0.2, 0) is 14.3 Å². The van der Waals surface area contributed by atoms with Gasteiger partial charge in [0.1, 0.15) is 6.04 Å². The Bertz CT molecular complexity index is 263. The van der Waals surface area contributed by atoms with E-state index in [1.165, 1.54) is 6.92 Å². The van der Waals surface area contributed by atoms with E-state index in [1.54, 1.807) is 0 Å². The number of rotatable bonds is 2. The van der Waals surface area contributed by atoms with Crippen molar-refractivity contribution in [2.24, 2.45) is 5.73 Å². The second-order valence-corrected chi connectivity index (χ2v) is 2.57. The maximum Gasteiger partial charge on any atom is 0.324 e. The molecule has 7 nitrogen and oxygen atoms in total. The fourth-order valence-electron chi connectivity index (χ4n) is 0.705. The van der Waals surface area contributed by atoms with E-state index in [4.69, 9.17) is 5.73 Å². The molecule has 0 saturated carbocycles. The lowest BCUT2D eigenvalue weighted by Crippen LogP contribution is -2.39. The standard InChI is InChI=1S/C6H9N3O4/c1-2(7)5(11)13-4-3(10)8-6(12)9-4/h2,4H,7H2,1H3,(H2,8,9,10,12)/t2-,4?/m1/s1. The fraction of sp³-hybridized carbons (Fsp3) is 0.500. The van der Waals surface area contributed by atoms with Crippen LogP contribution >= 0.6 is 0 Å². The van der Waals surface area contributed by atoms with Gasteiger partial charge >= 0.3 is 12.0 Å². The molecule has 1 saturated heterocycles. The van der Waals surface area contributed by atoms with Crippen molar-refractivity contribution in [3.05, 3.63) is 0 Å². The minimum Gasteiger partial charge on any atom is -0.431 e. The Hall–Kier alpha value is -1.63. The van der Waals surface area contributed by atoms with Gasteiger partial charge in [0, 0.05) is 0 Å². The summed E-state index contributed by atoms with van der Waals surface area (Å²) in [6.45, 7) is 1.41. The highest BCUT2D eigenvalue weighted by Crippen LogP contribution is 1.97. The van der Waals surface area contributed by atoms with Crippen LogP contribution in [0.5, 0.6) is 0 Å². The van der Waals surface area contributed by atoms with E-state index in [0.29, 0.717) is 0 Å². The highest BCUT2D eigenvalue weighted by Gasteiger charge is 2.33. The van der Waals surface area contributed by atoms with Crippen LogP contribution in [0, 0.1) is 0 Å². The number of hydrogen-bond acceptors (Lipinski definition) is 5. The van der Waals surface area contributed by atoms with Crippen molar-refractivity contribution < 1.29 is 19.1 Å². The molecule has 4 N–H and O–H groups in total. The van der Waals surface area contributed by atoms with E-state index in [2.05, 4.69) is 10.1 Å². The maximum absolute atomic E-state index is 10.9. The topological polar surface area (TPSA) is 111 Å². The number of nitrogens with one attached hydrogen (secondary N) is 2. The number of esters is 1. The molecule has 72 valence electrons. The predicted octanol–water partition coefficient (Wildman–Crippen LogP) is -1.96. The van der Waals surface area contributed by atoms with Gasteiger partial charge in [0.2, 0.25) is 0 Å². The van der Waals surface area contributed by atoms with Crippen molar-refractivity contribution in [2.45, 2.75) is 19.2 Å². The quantitative estimate of drug-likeness (QED) is 0.343. The van der Waals surface area contributed by atoms with Gasteiger partial charge in [-0.15, -0.1) is 0 Å². The maximum atomic E-state index is 10.9. The van der Waals surface area contributed by atoms with Crippen LogP contribution in [0.1, 0.15) is 6.92 Å². The number of amides is 3. The lowest BCUT2D eigenvalue weighted by atomic mass is 10.4. The molecule has 2 atom stereocenters. The van der Waals surface area contributed by atoms with Crippen molar-refractivity contribution in [1.29, 1.82) is 0 Å². The highest BCUT2D eigenvalue weighted by molar-refractivity contribution is 6.04. The van der Waals surface area contributed by atoms with Crippen LogP contribution in [0.4, 0.5) is 4.79 Å². The minimum atomic E-state index is -1.26. The smallest absolute Gasteiger partial charge is 0.324 e. The average molecular weight is 187 g/mol. The summed E-state index contributed by atoms with van der Waals surface area (Å²) in [5.41, 5.74) is 5.18. The van der Waals surface area contributed by atoms with Crippen LogP contribution in [0.15, 0.2) is 0 Å². The van der Waals surface area contributed by atoms with Crippen molar-refractivity contribution in [1.82, 2.24) is 10.6 Å². The van der Waals surface area contributed by atoms with Crippen molar-refractivity contribution in [3.8, 4) is 0 Å². The van der Waals surface area contributed by atoms with E-state index in [0.717, 1.165) is 0 Å². The molecule has 13 heavy (non-hydrogen) atoms. The molecule has 0 aromatic rings. The Morgan fingerprint density at radius 3 is 2.62 bits per heavy atom. The van der Waals surface area contributed by atoms with Crippen LogP contribution < -0.4 is 16.4 Å². The van der Waals surface area contributed by atoms with Crippen LogP contribution in [-0.4, -0.2) is 30.2 Å². The number of ether oxygens (including phenoxy) is 1. The average Bonchev–Trinajstić information content (AvgIpc) is 2.30. The predicted molar refractivity (Wildman–Crippen MR) is 40.2 cm³/mol. The third kappa shape index (κ3) is 2.15. The van der Waals surface area contributed by atoms with Crippen molar-refractivity contribution in [3.63, 3.8) is 0 Å². The third-order valence-corrected chi connectivity index (χ3v) is 1.34. The monoisotopic (exact) mass is 187 g/mol. The zero-order valence-corrected chi connectivity index (χ0v) is 6.87. The zero-order valence-electron chi connectivity index (χ0n) is 6.87. The summed E-state index contributed by atoms with van der Waals surface area (Å²) in [4.78, 5) is 32.3. The number of hydrogen-bond donors (Lipinski definition) is 3. The van der Waals surface area contributed by atoms with Gasteiger partial charge in [0.25, 0.3) is 12.1 Å². The molecule has 1 aliphatic heterocycles. The number of urea groups is 1. The Balaban J connectivity index is 2.51. The highest BCUT2D eigenvalue weighted by atomic mass is 16.6. The summed E-state index contributed by atoms with van der Waals surface area (Å²) in [5, 5.41) is 4.00. The lowest BCUT2D eigenvalue weighted by molar-refractivity contribution is -0.156. The molecule has 1 rings (SSSR count).